The average Bonchev–Trinajstić information content (AvgIpc) is 2.96. The van der Waals surface area contributed by atoms with E-state index in [1.54, 1.807) is 25.1 Å². The number of hydrogen-bond donors (Lipinski definition) is 1. The van der Waals surface area contributed by atoms with Crippen LogP contribution in [0.15, 0.2) is 70.5 Å². The van der Waals surface area contributed by atoms with Crippen molar-refractivity contribution in [2.45, 2.75) is 49.9 Å². The van der Waals surface area contributed by atoms with E-state index in [0.29, 0.717) is 28.9 Å². The highest BCUT2D eigenvalue weighted by Crippen LogP contribution is 2.43. The number of anilines is 2. The minimum absolute atomic E-state index is 0.245. The highest BCUT2D eigenvalue weighted by Gasteiger charge is 2.36. The molecule has 1 aliphatic rings. The smallest absolute Gasteiger partial charge is 0.338 e. The molecule has 6 nitrogen and oxygen atoms in total. The maximum absolute atomic E-state index is 13.9. The average molecular weight is 489 g/mol. The lowest BCUT2D eigenvalue weighted by Gasteiger charge is -2.31. The van der Waals surface area contributed by atoms with Crippen LogP contribution in [0.1, 0.15) is 52.1 Å². The molecule has 0 bridgehead atoms. The van der Waals surface area contributed by atoms with Gasteiger partial charge in [0.2, 0.25) is 5.91 Å². The quantitative estimate of drug-likeness (QED) is 0.430. The van der Waals surface area contributed by atoms with E-state index >= 15 is 0 Å². The molecule has 0 spiro atoms. The van der Waals surface area contributed by atoms with Crippen molar-refractivity contribution in [1.29, 1.82) is 0 Å². The largest absolute Gasteiger partial charge is 0.462 e. The van der Waals surface area contributed by atoms with E-state index in [-0.39, 0.29) is 18.4 Å². The number of benzene rings is 3. The van der Waals surface area contributed by atoms with Crippen molar-refractivity contribution in [2.24, 2.45) is 0 Å². The summed E-state index contributed by atoms with van der Waals surface area (Å²) in [7, 11) is 0. The lowest BCUT2D eigenvalue weighted by molar-refractivity contribution is -0.117. The van der Waals surface area contributed by atoms with Crippen LogP contribution < -0.4 is 10.2 Å². The van der Waals surface area contributed by atoms with E-state index in [1.807, 2.05) is 63.2 Å². The zero-order valence-electron chi connectivity index (χ0n) is 20.3. The molecule has 0 saturated carbocycles. The molecule has 1 heterocycles. The van der Waals surface area contributed by atoms with Crippen molar-refractivity contribution in [2.75, 3.05) is 16.8 Å². The lowest BCUT2D eigenvalue weighted by atomic mass is 10.1. The molecule has 1 aliphatic heterocycles. The van der Waals surface area contributed by atoms with Crippen LogP contribution in [0.4, 0.5) is 11.4 Å². The first-order chi connectivity index (χ1) is 16.8. The Morgan fingerprint density at radius 1 is 0.971 bits per heavy atom. The second-order valence-corrected chi connectivity index (χ2v) is 9.47. The summed E-state index contributed by atoms with van der Waals surface area (Å²) in [5, 5.41) is 2.98. The Hall–Kier alpha value is -3.58. The number of nitrogens with zero attached hydrogens (tertiary/aromatic N) is 1. The van der Waals surface area contributed by atoms with Crippen molar-refractivity contribution < 1.29 is 19.1 Å². The Morgan fingerprint density at radius 3 is 2.46 bits per heavy atom. The van der Waals surface area contributed by atoms with Crippen molar-refractivity contribution in [3.63, 3.8) is 0 Å². The van der Waals surface area contributed by atoms with Crippen LogP contribution in [-0.2, 0) is 9.53 Å². The fourth-order valence-electron chi connectivity index (χ4n) is 4.06. The van der Waals surface area contributed by atoms with Gasteiger partial charge in [-0.15, -0.1) is 0 Å². The molecular weight excluding hydrogens is 460 g/mol. The van der Waals surface area contributed by atoms with E-state index in [1.165, 1.54) is 16.7 Å². The fraction of sp³-hybridized carbons (Fsp3) is 0.250. The molecule has 0 radical (unpaired) electrons. The zero-order valence-corrected chi connectivity index (χ0v) is 21.1. The molecule has 1 atom stereocenters. The number of carbonyl (C=O) groups excluding carboxylic acids is 3. The van der Waals surface area contributed by atoms with Crippen LogP contribution in [0.25, 0.3) is 0 Å². The van der Waals surface area contributed by atoms with Crippen LogP contribution in [-0.4, -0.2) is 30.4 Å². The summed E-state index contributed by atoms with van der Waals surface area (Å²) in [6.45, 7) is 7.86. The molecule has 7 heteroatoms. The molecule has 0 saturated heterocycles. The van der Waals surface area contributed by atoms with Gasteiger partial charge in [-0.25, -0.2) is 4.79 Å². The maximum atomic E-state index is 13.9. The number of amides is 2. The minimum atomic E-state index is -0.785. The van der Waals surface area contributed by atoms with Crippen LogP contribution >= 0.6 is 11.8 Å². The van der Waals surface area contributed by atoms with Gasteiger partial charge in [-0.2, -0.15) is 0 Å². The van der Waals surface area contributed by atoms with Gasteiger partial charge in [-0.1, -0.05) is 36.9 Å². The molecule has 3 aromatic carbocycles. The van der Waals surface area contributed by atoms with Crippen LogP contribution in [0.3, 0.4) is 0 Å². The highest BCUT2D eigenvalue weighted by molar-refractivity contribution is 7.99. The highest BCUT2D eigenvalue weighted by atomic mass is 32.2. The topological polar surface area (TPSA) is 75.7 Å². The molecule has 0 aromatic heterocycles. The summed E-state index contributed by atoms with van der Waals surface area (Å²) in [5.74, 6) is -1.04. The predicted octanol–water partition coefficient (Wildman–Crippen LogP) is 6.01. The molecule has 2 amide bonds. The van der Waals surface area contributed by atoms with Gasteiger partial charge >= 0.3 is 5.97 Å². The lowest BCUT2D eigenvalue weighted by Crippen LogP contribution is -2.47. The Balaban J connectivity index is 1.80. The number of fused-ring (bicyclic) bond motifs is 2. The predicted molar refractivity (Wildman–Crippen MR) is 138 cm³/mol. The number of hydrogen-bond acceptors (Lipinski definition) is 5. The standard InChI is InChI=1S/C28H28N2O4S/c1-5-22(26(31)29-20-13-11-17(3)18(4)15-20)30-23-16-19(28(33)34-6-2)12-14-25(23)35-24-10-8-7-9-21(24)27(30)32/h7-16,22H,5-6H2,1-4H3,(H,29,31)/t22-/m0/s1. The van der Waals surface area contributed by atoms with Crippen molar-refractivity contribution in [1.82, 2.24) is 0 Å². The second-order valence-electron chi connectivity index (χ2n) is 8.39. The van der Waals surface area contributed by atoms with Crippen molar-refractivity contribution in [3.8, 4) is 0 Å². The number of aryl methyl sites for hydroxylation is 2. The summed E-state index contributed by atoms with van der Waals surface area (Å²) < 4.78 is 5.18. The molecule has 0 fully saturated rings. The van der Waals surface area contributed by atoms with Gasteiger partial charge in [0.15, 0.2) is 0 Å². The zero-order chi connectivity index (χ0) is 25.1. The normalized spacial score (nSPS) is 13.4. The third kappa shape index (κ3) is 4.95. The Labute approximate surface area is 209 Å². The van der Waals surface area contributed by atoms with Gasteiger partial charge in [-0.3, -0.25) is 14.5 Å². The number of carbonyl (C=O) groups is 3. The molecule has 0 aliphatic carbocycles. The number of rotatable bonds is 6. The first kappa shape index (κ1) is 24.5. The van der Waals surface area contributed by atoms with E-state index in [4.69, 9.17) is 4.74 Å². The molecule has 4 rings (SSSR count). The van der Waals surface area contributed by atoms with E-state index in [2.05, 4.69) is 5.32 Å². The minimum Gasteiger partial charge on any atom is -0.462 e. The first-order valence-corrected chi connectivity index (χ1v) is 12.4. The monoisotopic (exact) mass is 488 g/mol. The third-order valence-corrected chi connectivity index (χ3v) is 7.20. The molecule has 180 valence electrons. The van der Waals surface area contributed by atoms with Gasteiger partial charge in [-0.05, 0) is 80.8 Å². The van der Waals surface area contributed by atoms with E-state index in [0.717, 1.165) is 20.9 Å². The first-order valence-electron chi connectivity index (χ1n) is 11.6. The van der Waals surface area contributed by atoms with Gasteiger partial charge < -0.3 is 10.1 Å². The van der Waals surface area contributed by atoms with Crippen molar-refractivity contribution >= 4 is 40.9 Å². The number of esters is 1. The summed E-state index contributed by atoms with van der Waals surface area (Å²) in [4.78, 5) is 43.0. The third-order valence-electron chi connectivity index (χ3n) is 6.06. The van der Waals surface area contributed by atoms with Gasteiger partial charge in [0.25, 0.3) is 5.91 Å². The Bertz CT molecular complexity index is 1300. The second kappa shape index (κ2) is 10.4. The summed E-state index contributed by atoms with van der Waals surface area (Å²) >= 11 is 1.45. The summed E-state index contributed by atoms with van der Waals surface area (Å²) in [6.07, 6.45) is 0.387. The molecular formula is C28H28N2O4S. The number of nitrogens with one attached hydrogen (secondary N) is 1. The van der Waals surface area contributed by atoms with Crippen molar-refractivity contribution in [3.05, 3.63) is 82.9 Å². The molecule has 35 heavy (non-hydrogen) atoms. The summed E-state index contributed by atoms with van der Waals surface area (Å²) in [6, 6.07) is 17.4. The van der Waals surface area contributed by atoms with Gasteiger partial charge in [0, 0.05) is 15.5 Å². The van der Waals surface area contributed by atoms with Crippen LogP contribution in [0.2, 0.25) is 0 Å². The molecule has 3 aromatic rings. The fourth-order valence-corrected chi connectivity index (χ4v) is 5.11. The molecule has 1 N–H and O–H groups in total. The molecule has 0 unspecified atom stereocenters. The van der Waals surface area contributed by atoms with E-state index < -0.39 is 12.0 Å². The Morgan fingerprint density at radius 2 is 1.74 bits per heavy atom. The summed E-state index contributed by atoms with van der Waals surface area (Å²) in [5.41, 5.74) is 4.24. The van der Waals surface area contributed by atoms with Gasteiger partial charge in [0.1, 0.15) is 6.04 Å². The van der Waals surface area contributed by atoms with Crippen LogP contribution in [0, 0.1) is 13.8 Å². The van der Waals surface area contributed by atoms with Crippen LogP contribution in [0.5, 0.6) is 0 Å². The SMILES string of the molecule is CCOC(=O)c1ccc2c(c1)N([C@@H](CC)C(=O)Nc1ccc(C)c(C)c1)C(=O)c1ccccc1S2. The van der Waals surface area contributed by atoms with Gasteiger partial charge in [0.05, 0.1) is 23.4 Å². The number of ether oxygens (including phenoxy) is 1. The maximum Gasteiger partial charge on any atom is 0.338 e. The Kier molecular flexibility index (Phi) is 7.26. The van der Waals surface area contributed by atoms with E-state index in [9.17, 15) is 14.4 Å².